The highest BCUT2D eigenvalue weighted by Crippen LogP contribution is 2.05. The number of aliphatic hydroxyl groups is 1. The number of H-pyrrole nitrogens is 1. The van der Waals surface area contributed by atoms with E-state index < -0.39 is 10.0 Å². The van der Waals surface area contributed by atoms with E-state index >= 15 is 0 Å². The zero-order chi connectivity index (χ0) is 11.5. The SMILES string of the molecule is Cc1ncc(S(=O)(=O)NCC(C)CO)[nH]1. The average molecular weight is 233 g/mol. The van der Waals surface area contributed by atoms with Gasteiger partial charge in [-0.25, -0.2) is 18.1 Å². The summed E-state index contributed by atoms with van der Waals surface area (Å²) in [5, 5.41) is 8.80. The highest BCUT2D eigenvalue weighted by atomic mass is 32.2. The Morgan fingerprint density at radius 2 is 2.33 bits per heavy atom. The summed E-state index contributed by atoms with van der Waals surface area (Å²) in [6, 6.07) is 0. The second-order valence-corrected chi connectivity index (χ2v) is 5.21. The second-order valence-electron chi connectivity index (χ2n) is 3.47. The number of nitrogens with zero attached hydrogens (tertiary/aromatic N) is 1. The summed E-state index contributed by atoms with van der Waals surface area (Å²) >= 11 is 0. The molecule has 0 saturated heterocycles. The van der Waals surface area contributed by atoms with E-state index in [9.17, 15) is 8.42 Å². The molecule has 0 aliphatic rings. The van der Waals surface area contributed by atoms with Crippen molar-refractivity contribution < 1.29 is 13.5 Å². The molecule has 0 aliphatic carbocycles. The summed E-state index contributed by atoms with van der Waals surface area (Å²) in [6.45, 7) is 3.58. The lowest BCUT2D eigenvalue weighted by atomic mass is 10.2. The van der Waals surface area contributed by atoms with Gasteiger partial charge in [0.15, 0.2) is 5.03 Å². The average Bonchev–Trinajstić information content (AvgIpc) is 2.62. The minimum absolute atomic E-state index is 0.0464. The Kier molecular flexibility index (Phi) is 3.83. The van der Waals surface area contributed by atoms with Crippen molar-refractivity contribution in [2.75, 3.05) is 13.2 Å². The van der Waals surface area contributed by atoms with Crippen LogP contribution in [0.4, 0.5) is 0 Å². The molecule has 6 nitrogen and oxygen atoms in total. The third kappa shape index (κ3) is 3.29. The highest BCUT2D eigenvalue weighted by molar-refractivity contribution is 7.89. The molecule has 0 aliphatic heterocycles. The lowest BCUT2D eigenvalue weighted by molar-refractivity contribution is 0.238. The van der Waals surface area contributed by atoms with Gasteiger partial charge in [0.2, 0.25) is 0 Å². The van der Waals surface area contributed by atoms with Crippen molar-refractivity contribution in [1.29, 1.82) is 0 Å². The van der Waals surface area contributed by atoms with E-state index in [2.05, 4.69) is 14.7 Å². The summed E-state index contributed by atoms with van der Waals surface area (Å²) in [6.07, 6.45) is 1.27. The van der Waals surface area contributed by atoms with Crippen molar-refractivity contribution in [3.8, 4) is 0 Å². The van der Waals surface area contributed by atoms with Crippen molar-refractivity contribution in [1.82, 2.24) is 14.7 Å². The summed E-state index contributed by atoms with van der Waals surface area (Å²) in [5.41, 5.74) is 0. The van der Waals surface area contributed by atoms with Crippen LogP contribution in [0.2, 0.25) is 0 Å². The molecular weight excluding hydrogens is 218 g/mol. The van der Waals surface area contributed by atoms with Crippen LogP contribution in [-0.2, 0) is 10.0 Å². The molecule has 0 fully saturated rings. The molecule has 0 saturated carbocycles. The third-order valence-electron chi connectivity index (χ3n) is 1.90. The third-order valence-corrected chi connectivity index (χ3v) is 3.24. The topological polar surface area (TPSA) is 95.1 Å². The van der Waals surface area contributed by atoms with Crippen LogP contribution in [0.5, 0.6) is 0 Å². The number of imidazole rings is 1. The summed E-state index contributed by atoms with van der Waals surface area (Å²) in [4.78, 5) is 6.44. The van der Waals surface area contributed by atoms with E-state index in [1.807, 2.05) is 0 Å². The molecular formula is C8H15N3O3S. The Balaban J connectivity index is 2.68. The van der Waals surface area contributed by atoms with E-state index in [-0.39, 0.29) is 24.1 Å². The van der Waals surface area contributed by atoms with Gasteiger partial charge >= 0.3 is 0 Å². The van der Waals surface area contributed by atoms with Crippen LogP contribution in [0.15, 0.2) is 11.2 Å². The zero-order valence-corrected chi connectivity index (χ0v) is 9.50. The van der Waals surface area contributed by atoms with Crippen LogP contribution in [-0.4, -0.2) is 36.6 Å². The van der Waals surface area contributed by atoms with Crippen molar-refractivity contribution in [2.24, 2.45) is 5.92 Å². The fourth-order valence-electron chi connectivity index (χ4n) is 0.929. The molecule has 15 heavy (non-hydrogen) atoms. The number of aromatic amines is 1. The van der Waals surface area contributed by atoms with Gasteiger partial charge in [0.25, 0.3) is 10.0 Å². The first-order valence-corrected chi connectivity index (χ1v) is 6.06. The van der Waals surface area contributed by atoms with Gasteiger partial charge in [0.05, 0.1) is 6.20 Å². The minimum atomic E-state index is -3.52. The molecule has 0 radical (unpaired) electrons. The number of sulfonamides is 1. The molecule has 1 heterocycles. The Morgan fingerprint density at radius 1 is 1.67 bits per heavy atom. The van der Waals surface area contributed by atoms with Gasteiger partial charge in [-0.05, 0) is 12.8 Å². The first kappa shape index (κ1) is 12.2. The molecule has 1 rings (SSSR count). The normalized spacial score (nSPS) is 14.1. The van der Waals surface area contributed by atoms with Crippen molar-refractivity contribution >= 4 is 10.0 Å². The molecule has 0 aromatic carbocycles. The molecule has 86 valence electrons. The van der Waals surface area contributed by atoms with E-state index in [1.54, 1.807) is 13.8 Å². The van der Waals surface area contributed by atoms with Gasteiger partial charge in [0.1, 0.15) is 5.82 Å². The van der Waals surface area contributed by atoms with Gasteiger partial charge in [-0.1, -0.05) is 6.92 Å². The lowest BCUT2D eigenvalue weighted by Gasteiger charge is -2.08. The summed E-state index contributed by atoms with van der Waals surface area (Å²) in [7, 11) is -3.52. The van der Waals surface area contributed by atoms with Crippen LogP contribution < -0.4 is 4.72 Å². The first-order chi connectivity index (χ1) is 6.95. The van der Waals surface area contributed by atoms with Gasteiger partial charge in [-0.2, -0.15) is 0 Å². The van der Waals surface area contributed by atoms with Gasteiger partial charge in [0, 0.05) is 13.2 Å². The lowest BCUT2D eigenvalue weighted by Crippen LogP contribution is -2.29. The second kappa shape index (κ2) is 4.73. The zero-order valence-electron chi connectivity index (χ0n) is 8.69. The molecule has 1 unspecified atom stereocenters. The molecule has 1 aromatic heterocycles. The fourth-order valence-corrected chi connectivity index (χ4v) is 2.06. The predicted molar refractivity (Wildman–Crippen MR) is 54.8 cm³/mol. The standard InChI is InChI=1S/C8H15N3O3S/c1-6(5-12)3-10-15(13,14)8-4-9-7(2)11-8/h4,6,10,12H,3,5H2,1-2H3,(H,9,11). The van der Waals surface area contributed by atoms with Crippen molar-refractivity contribution in [3.05, 3.63) is 12.0 Å². The van der Waals surface area contributed by atoms with Crippen LogP contribution in [0, 0.1) is 12.8 Å². The molecule has 1 atom stereocenters. The number of hydrogen-bond acceptors (Lipinski definition) is 4. The largest absolute Gasteiger partial charge is 0.396 e. The number of aryl methyl sites for hydroxylation is 1. The quantitative estimate of drug-likeness (QED) is 0.646. The van der Waals surface area contributed by atoms with Crippen molar-refractivity contribution in [3.63, 3.8) is 0 Å². The molecule has 0 bridgehead atoms. The Bertz CT molecular complexity index is 413. The van der Waals surface area contributed by atoms with Crippen LogP contribution in [0.25, 0.3) is 0 Å². The predicted octanol–water partition coefficient (Wildman–Crippen LogP) is -0.375. The van der Waals surface area contributed by atoms with E-state index in [1.165, 1.54) is 6.20 Å². The van der Waals surface area contributed by atoms with Crippen molar-refractivity contribution in [2.45, 2.75) is 18.9 Å². The Hall–Kier alpha value is -0.920. The smallest absolute Gasteiger partial charge is 0.257 e. The van der Waals surface area contributed by atoms with Crippen LogP contribution >= 0.6 is 0 Å². The summed E-state index contributed by atoms with van der Waals surface area (Å²) in [5.74, 6) is 0.439. The molecule has 0 spiro atoms. The minimum Gasteiger partial charge on any atom is -0.396 e. The molecule has 1 aromatic rings. The number of rotatable bonds is 5. The highest BCUT2D eigenvalue weighted by Gasteiger charge is 2.16. The Morgan fingerprint density at radius 3 is 2.80 bits per heavy atom. The van der Waals surface area contributed by atoms with Crippen LogP contribution in [0.3, 0.4) is 0 Å². The van der Waals surface area contributed by atoms with Gasteiger partial charge < -0.3 is 10.1 Å². The summed E-state index contributed by atoms with van der Waals surface area (Å²) < 4.78 is 25.6. The number of hydrogen-bond donors (Lipinski definition) is 3. The van der Waals surface area contributed by atoms with E-state index in [0.29, 0.717) is 5.82 Å². The van der Waals surface area contributed by atoms with E-state index in [4.69, 9.17) is 5.11 Å². The Labute approximate surface area is 88.8 Å². The fraction of sp³-hybridized carbons (Fsp3) is 0.625. The maximum atomic E-state index is 11.6. The maximum absolute atomic E-state index is 11.6. The first-order valence-electron chi connectivity index (χ1n) is 4.58. The number of aromatic nitrogens is 2. The van der Waals surface area contributed by atoms with Gasteiger partial charge in [-0.3, -0.25) is 0 Å². The number of nitrogens with one attached hydrogen (secondary N) is 2. The molecule has 0 amide bonds. The van der Waals surface area contributed by atoms with E-state index in [0.717, 1.165) is 0 Å². The monoisotopic (exact) mass is 233 g/mol. The maximum Gasteiger partial charge on any atom is 0.257 e. The number of aliphatic hydroxyl groups excluding tert-OH is 1. The van der Waals surface area contributed by atoms with Gasteiger partial charge in [-0.15, -0.1) is 0 Å². The van der Waals surface area contributed by atoms with Crippen LogP contribution in [0.1, 0.15) is 12.7 Å². The molecule has 7 heteroatoms. The molecule has 3 N–H and O–H groups in total.